The maximum absolute atomic E-state index is 12.5. The van der Waals surface area contributed by atoms with Crippen LogP contribution in [0.3, 0.4) is 0 Å². The number of hydrogen-bond donors (Lipinski definition) is 2. The number of ether oxygens (including phenoxy) is 2. The Bertz CT molecular complexity index is 678. The fourth-order valence-electron chi connectivity index (χ4n) is 2.48. The van der Waals surface area contributed by atoms with Crippen LogP contribution >= 0.6 is 0 Å². The van der Waals surface area contributed by atoms with Crippen LogP contribution in [0.15, 0.2) is 42.5 Å². The lowest BCUT2D eigenvalue weighted by Gasteiger charge is -2.32. The molecule has 2 N–H and O–H groups in total. The molecule has 0 bridgehead atoms. The molecule has 2 aromatic carbocycles. The predicted molar refractivity (Wildman–Crippen MR) is 74.7 cm³/mol. The van der Waals surface area contributed by atoms with E-state index in [1.165, 1.54) is 25.3 Å². The molecule has 2 atom stereocenters. The second-order valence-electron chi connectivity index (χ2n) is 4.80. The van der Waals surface area contributed by atoms with Gasteiger partial charge in [-0.15, -0.1) is 0 Å². The average molecular weight is 286 g/mol. The number of benzene rings is 2. The van der Waals surface area contributed by atoms with Crippen molar-refractivity contribution < 1.29 is 24.5 Å². The van der Waals surface area contributed by atoms with Crippen molar-refractivity contribution in [3.05, 3.63) is 53.6 Å². The molecule has 1 aliphatic heterocycles. The summed E-state index contributed by atoms with van der Waals surface area (Å²) in [5, 5.41) is 19.2. The molecule has 1 aliphatic rings. The highest BCUT2D eigenvalue weighted by Gasteiger charge is 2.39. The molecular formula is C16H14O5. The van der Waals surface area contributed by atoms with Gasteiger partial charge in [-0.1, -0.05) is 18.2 Å². The van der Waals surface area contributed by atoms with Crippen LogP contribution in [0.4, 0.5) is 0 Å². The topological polar surface area (TPSA) is 76.0 Å². The summed E-state index contributed by atoms with van der Waals surface area (Å²) in [6.45, 7) is 0. The molecule has 0 aliphatic carbocycles. The minimum absolute atomic E-state index is 0.122. The number of phenols is 2. The van der Waals surface area contributed by atoms with Gasteiger partial charge in [-0.2, -0.15) is 0 Å². The van der Waals surface area contributed by atoms with Gasteiger partial charge in [0.2, 0.25) is 5.78 Å². The first-order chi connectivity index (χ1) is 10.1. The Morgan fingerprint density at radius 3 is 2.48 bits per heavy atom. The number of phenolic OH excluding ortho intramolecular Hbond substituents is 2. The van der Waals surface area contributed by atoms with Gasteiger partial charge in [-0.3, -0.25) is 4.79 Å². The van der Waals surface area contributed by atoms with Crippen LogP contribution in [0.25, 0.3) is 0 Å². The molecule has 0 spiro atoms. The minimum atomic E-state index is -0.852. The molecule has 5 heteroatoms. The Balaban J connectivity index is 2.07. The monoisotopic (exact) mass is 286 g/mol. The van der Waals surface area contributed by atoms with Crippen molar-refractivity contribution >= 4 is 5.78 Å². The zero-order valence-electron chi connectivity index (χ0n) is 11.3. The van der Waals surface area contributed by atoms with Gasteiger partial charge in [0.05, 0.1) is 0 Å². The van der Waals surface area contributed by atoms with E-state index in [9.17, 15) is 15.0 Å². The highest BCUT2D eigenvalue weighted by molar-refractivity contribution is 6.05. The van der Waals surface area contributed by atoms with Crippen LogP contribution < -0.4 is 4.74 Å². The van der Waals surface area contributed by atoms with Gasteiger partial charge in [0.25, 0.3) is 0 Å². The summed E-state index contributed by atoms with van der Waals surface area (Å²) in [4.78, 5) is 12.5. The number of rotatable bonds is 2. The van der Waals surface area contributed by atoms with Crippen molar-refractivity contribution in [1.29, 1.82) is 0 Å². The minimum Gasteiger partial charge on any atom is -0.508 e. The fourth-order valence-corrected chi connectivity index (χ4v) is 2.48. The van der Waals surface area contributed by atoms with E-state index in [0.29, 0.717) is 11.3 Å². The molecule has 0 saturated carbocycles. The molecule has 5 nitrogen and oxygen atoms in total. The van der Waals surface area contributed by atoms with Crippen molar-refractivity contribution in [1.82, 2.24) is 0 Å². The zero-order chi connectivity index (χ0) is 15.0. The molecule has 1 heterocycles. The molecule has 0 radical (unpaired) electrons. The molecule has 0 aromatic heterocycles. The first-order valence-electron chi connectivity index (χ1n) is 6.46. The average Bonchev–Trinajstić information content (AvgIpc) is 2.48. The lowest BCUT2D eigenvalue weighted by atomic mass is 9.93. The molecule has 0 fully saturated rings. The van der Waals surface area contributed by atoms with E-state index >= 15 is 0 Å². The van der Waals surface area contributed by atoms with E-state index in [4.69, 9.17) is 9.47 Å². The van der Waals surface area contributed by atoms with Crippen molar-refractivity contribution in [2.75, 3.05) is 7.11 Å². The first-order valence-corrected chi connectivity index (χ1v) is 6.46. The number of carbonyl (C=O) groups excluding carboxylic acids is 1. The normalized spacial score (nSPS) is 20.7. The maximum Gasteiger partial charge on any atom is 0.203 e. The quantitative estimate of drug-likeness (QED) is 0.886. The summed E-state index contributed by atoms with van der Waals surface area (Å²) in [6, 6.07) is 11.1. The summed E-state index contributed by atoms with van der Waals surface area (Å²) >= 11 is 0. The maximum atomic E-state index is 12.5. The van der Waals surface area contributed by atoms with Gasteiger partial charge in [0.15, 0.2) is 12.2 Å². The van der Waals surface area contributed by atoms with Crippen LogP contribution in [0.1, 0.15) is 22.0 Å². The third-order valence-electron chi connectivity index (χ3n) is 3.51. The van der Waals surface area contributed by atoms with Gasteiger partial charge < -0.3 is 19.7 Å². The third kappa shape index (κ3) is 2.21. The highest BCUT2D eigenvalue weighted by Crippen LogP contribution is 2.40. The molecule has 0 amide bonds. The first kappa shape index (κ1) is 13.5. The van der Waals surface area contributed by atoms with E-state index in [-0.39, 0.29) is 22.8 Å². The van der Waals surface area contributed by atoms with Gasteiger partial charge in [0, 0.05) is 7.11 Å². The third-order valence-corrected chi connectivity index (χ3v) is 3.51. The fraction of sp³-hybridized carbons (Fsp3) is 0.188. The van der Waals surface area contributed by atoms with Crippen molar-refractivity contribution in [2.24, 2.45) is 0 Å². The Morgan fingerprint density at radius 2 is 1.81 bits per heavy atom. The van der Waals surface area contributed by atoms with Gasteiger partial charge in [-0.05, 0) is 29.8 Å². The van der Waals surface area contributed by atoms with Crippen LogP contribution in [-0.4, -0.2) is 29.2 Å². The lowest BCUT2D eigenvalue weighted by Crippen LogP contribution is -2.37. The van der Waals surface area contributed by atoms with E-state index < -0.39 is 12.2 Å². The van der Waals surface area contributed by atoms with Crippen molar-refractivity contribution in [3.8, 4) is 17.2 Å². The van der Waals surface area contributed by atoms with Crippen molar-refractivity contribution in [3.63, 3.8) is 0 Å². The van der Waals surface area contributed by atoms with Crippen LogP contribution in [0.2, 0.25) is 0 Å². The van der Waals surface area contributed by atoms with Crippen LogP contribution in [0, 0.1) is 0 Å². The number of fused-ring (bicyclic) bond motifs is 1. The Hall–Kier alpha value is -2.53. The molecule has 108 valence electrons. The molecular weight excluding hydrogens is 272 g/mol. The Labute approximate surface area is 121 Å². The van der Waals surface area contributed by atoms with E-state index in [2.05, 4.69) is 0 Å². The predicted octanol–water partition coefficient (Wildman–Crippen LogP) is 2.43. The molecule has 2 aromatic rings. The lowest BCUT2D eigenvalue weighted by molar-refractivity contribution is -0.000998. The number of carbonyl (C=O) groups is 1. The molecule has 21 heavy (non-hydrogen) atoms. The van der Waals surface area contributed by atoms with Crippen LogP contribution in [-0.2, 0) is 4.74 Å². The van der Waals surface area contributed by atoms with E-state index in [1.807, 2.05) is 0 Å². The summed E-state index contributed by atoms with van der Waals surface area (Å²) in [5.74, 6) is 0.0119. The molecule has 2 unspecified atom stereocenters. The number of aromatic hydroxyl groups is 2. The second-order valence-corrected chi connectivity index (χ2v) is 4.80. The summed E-state index contributed by atoms with van der Waals surface area (Å²) in [5.41, 5.74) is 0.848. The SMILES string of the molecule is COC1C(=O)c2c(O)cccc2OC1c1ccc(O)cc1. The smallest absolute Gasteiger partial charge is 0.203 e. The standard InChI is InChI=1S/C16H14O5/c1-20-16-14(19)13-11(18)3-2-4-12(13)21-15(16)9-5-7-10(17)8-6-9/h2-8,15-18H,1H3. The summed E-state index contributed by atoms with van der Waals surface area (Å²) in [7, 11) is 1.42. The number of methoxy groups -OCH3 is 1. The molecule has 0 saturated heterocycles. The second kappa shape index (κ2) is 5.10. The van der Waals surface area contributed by atoms with Gasteiger partial charge >= 0.3 is 0 Å². The highest BCUT2D eigenvalue weighted by atomic mass is 16.5. The van der Waals surface area contributed by atoms with Gasteiger partial charge in [0.1, 0.15) is 22.8 Å². The number of Topliss-reactive ketones (excluding diaryl/α,β-unsaturated/α-hetero) is 1. The Morgan fingerprint density at radius 1 is 1.10 bits per heavy atom. The van der Waals surface area contributed by atoms with Crippen LogP contribution in [0.5, 0.6) is 17.2 Å². The molecule has 3 rings (SSSR count). The summed E-state index contributed by atoms with van der Waals surface area (Å²) in [6.07, 6.45) is -1.48. The van der Waals surface area contributed by atoms with E-state index in [1.54, 1.807) is 24.3 Å². The summed E-state index contributed by atoms with van der Waals surface area (Å²) < 4.78 is 11.1. The van der Waals surface area contributed by atoms with Crippen molar-refractivity contribution in [2.45, 2.75) is 12.2 Å². The number of hydrogen-bond acceptors (Lipinski definition) is 5. The van der Waals surface area contributed by atoms with E-state index in [0.717, 1.165) is 0 Å². The Kier molecular flexibility index (Phi) is 3.27. The zero-order valence-corrected chi connectivity index (χ0v) is 11.3. The largest absolute Gasteiger partial charge is 0.508 e. The number of ketones is 1. The van der Waals surface area contributed by atoms with Gasteiger partial charge in [-0.25, -0.2) is 0 Å².